The van der Waals surface area contributed by atoms with Gasteiger partial charge in [-0.05, 0) is 35.6 Å². The molecule has 1 aromatic heterocycles. The number of piperazine rings is 1. The normalized spacial score (nSPS) is 14.0. The van der Waals surface area contributed by atoms with Crippen LogP contribution in [0.2, 0.25) is 0 Å². The summed E-state index contributed by atoms with van der Waals surface area (Å²) in [7, 11) is 0. The summed E-state index contributed by atoms with van der Waals surface area (Å²) in [6.07, 6.45) is -0.503. The van der Waals surface area contributed by atoms with Gasteiger partial charge in [-0.2, -0.15) is 0 Å². The summed E-state index contributed by atoms with van der Waals surface area (Å²) in [5.41, 5.74) is 8.50. The Kier molecular flexibility index (Phi) is 9.85. The molecule has 6 aromatic rings. The van der Waals surface area contributed by atoms with Gasteiger partial charge >= 0.3 is 11.9 Å². The van der Waals surface area contributed by atoms with Crippen molar-refractivity contribution in [1.82, 2.24) is 9.47 Å². The van der Waals surface area contributed by atoms with Gasteiger partial charge in [-0.15, -0.1) is 0 Å². The number of aliphatic hydroxyl groups is 1. The second kappa shape index (κ2) is 14.5. The van der Waals surface area contributed by atoms with Crippen LogP contribution in [-0.2, 0) is 16.1 Å². The van der Waals surface area contributed by atoms with E-state index in [1.54, 1.807) is 0 Å². The third kappa shape index (κ3) is 7.10. The highest BCUT2D eigenvalue weighted by atomic mass is 16.4. The van der Waals surface area contributed by atoms with Gasteiger partial charge in [0.1, 0.15) is 0 Å². The van der Waals surface area contributed by atoms with Crippen LogP contribution in [0.4, 0.5) is 5.69 Å². The lowest BCUT2D eigenvalue weighted by Gasteiger charge is -2.37. The molecule has 8 nitrogen and oxygen atoms in total. The zero-order valence-corrected chi connectivity index (χ0v) is 26.9. The standard InChI is InChI=1S/C38H37N3O.C2H2O4/c1-28-16-19-32(20-17-28)40-24-22-39(23-25-40)26-33(42)27-41-37(31-13-6-3-7-14-31)36(30-11-4-2-5-12-30)35-21-18-29-10-8-9-15-34(29)38(35)41;3-1(4)2(5)6/h2-21,33,42H,22-27H2,1H3;(H,3,4)(H,5,6). The largest absolute Gasteiger partial charge is 0.473 e. The first-order chi connectivity index (χ1) is 23.3. The van der Waals surface area contributed by atoms with Gasteiger partial charge < -0.3 is 24.8 Å². The second-order valence-corrected chi connectivity index (χ2v) is 12.1. The lowest BCUT2D eigenvalue weighted by molar-refractivity contribution is -0.159. The molecule has 8 heteroatoms. The van der Waals surface area contributed by atoms with Gasteiger partial charge in [0.25, 0.3) is 0 Å². The summed E-state index contributed by atoms with van der Waals surface area (Å²) in [4.78, 5) is 23.1. The molecular weight excluding hydrogens is 602 g/mol. The van der Waals surface area contributed by atoms with Crippen LogP contribution < -0.4 is 4.90 Å². The number of β-amino-alcohol motifs (C(OH)–C–C–N with tert-alkyl or cyclic N) is 1. The summed E-state index contributed by atoms with van der Waals surface area (Å²) >= 11 is 0. The molecule has 1 saturated heterocycles. The maximum Gasteiger partial charge on any atom is 0.414 e. The monoisotopic (exact) mass is 641 g/mol. The van der Waals surface area contributed by atoms with Crippen molar-refractivity contribution in [3.63, 3.8) is 0 Å². The smallest absolute Gasteiger partial charge is 0.414 e. The van der Waals surface area contributed by atoms with Crippen LogP contribution in [0.5, 0.6) is 0 Å². The zero-order chi connectivity index (χ0) is 33.6. The summed E-state index contributed by atoms with van der Waals surface area (Å²) in [6, 6.07) is 43.3. The van der Waals surface area contributed by atoms with Gasteiger partial charge in [0, 0.05) is 54.7 Å². The molecule has 0 saturated carbocycles. The van der Waals surface area contributed by atoms with Crippen LogP contribution in [-0.4, -0.2) is 75.6 Å². The molecule has 2 heterocycles. The lowest BCUT2D eigenvalue weighted by Crippen LogP contribution is -2.49. The highest BCUT2D eigenvalue weighted by molar-refractivity contribution is 6.27. The highest BCUT2D eigenvalue weighted by Crippen LogP contribution is 2.43. The fourth-order valence-electron chi connectivity index (χ4n) is 6.61. The number of hydrogen-bond donors (Lipinski definition) is 3. The second-order valence-electron chi connectivity index (χ2n) is 12.1. The molecule has 3 N–H and O–H groups in total. The first kappa shape index (κ1) is 32.5. The van der Waals surface area contributed by atoms with Crippen molar-refractivity contribution >= 4 is 39.3 Å². The summed E-state index contributed by atoms with van der Waals surface area (Å²) in [6.45, 7) is 7.15. The summed E-state index contributed by atoms with van der Waals surface area (Å²) < 4.78 is 2.39. The Morgan fingerprint density at radius 2 is 1.23 bits per heavy atom. The number of aliphatic carboxylic acids is 2. The SMILES string of the molecule is Cc1ccc(N2CCN(CC(O)Cn3c(-c4ccccc4)c(-c4ccccc4)c4ccc5ccccc5c43)CC2)cc1.O=C(O)C(=O)O. The number of carboxylic acids is 2. The third-order valence-electron chi connectivity index (χ3n) is 8.87. The van der Waals surface area contributed by atoms with E-state index in [1.165, 1.54) is 44.1 Å². The topological polar surface area (TPSA) is 106 Å². The van der Waals surface area contributed by atoms with E-state index >= 15 is 0 Å². The first-order valence-electron chi connectivity index (χ1n) is 16.1. The Bertz CT molecular complexity index is 2000. The number of fused-ring (bicyclic) bond motifs is 3. The van der Waals surface area contributed by atoms with Crippen molar-refractivity contribution in [2.75, 3.05) is 37.6 Å². The minimum absolute atomic E-state index is 0.503. The van der Waals surface area contributed by atoms with Gasteiger partial charge in [0.2, 0.25) is 0 Å². The predicted octanol–water partition coefficient (Wildman–Crippen LogP) is 6.78. The number of hydrogen-bond acceptors (Lipinski definition) is 5. The third-order valence-corrected chi connectivity index (χ3v) is 8.87. The molecule has 0 amide bonds. The van der Waals surface area contributed by atoms with E-state index in [4.69, 9.17) is 19.8 Å². The number of nitrogens with zero attached hydrogens (tertiary/aromatic N) is 3. The van der Waals surface area contributed by atoms with Gasteiger partial charge in [-0.25, -0.2) is 9.59 Å². The number of aromatic nitrogens is 1. The zero-order valence-electron chi connectivity index (χ0n) is 26.9. The van der Waals surface area contributed by atoms with Crippen molar-refractivity contribution in [3.8, 4) is 22.4 Å². The van der Waals surface area contributed by atoms with E-state index in [-0.39, 0.29) is 0 Å². The predicted molar refractivity (Wildman–Crippen MR) is 191 cm³/mol. The van der Waals surface area contributed by atoms with E-state index in [2.05, 4.69) is 143 Å². The maximum atomic E-state index is 11.7. The Morgan fingerprint density at radius 1 is 0.646 bits per heavy atom. The molecule has 1 aliphatic rings. The van der Waals surface area contributed by atoms with Crippen molar-refractivity contribution in [2.45, 2.75) is 19.6 Å². The highest BCUT2D eigenvalue weighted by Gasteiger charge is 2.25. The van der Waals surface area contributed by atoms with E-state index in [1.807, 2.05) is 0 Å². The molecule has 48 heavy (non-hydrogen) atoms. The van der Waals surface area contributed by atoms with E-state index in [9.17, 15) is 5.11 Å². The molecule has 5 aromatic carbocycles. The van der Waals surface area contributed by atoms with Gasteiger partial charge in [-0.1, -0.05) is 115 Å². The molecule has 1 fully saturated rings. The van der Waals surface area contributed by atoms with Gasteiger partial charge in [-0.3, -0.25) is 4.90 Å². The van der Waals surface area contributed by atoms with Crippen LogP contribution in [0.15, 0.2) is 121 Å². The van der Waals surface area contributed by atoms with Gasteiger partial charge in [0.15, 0.2) is 0 Å². The van der Waals surface area contributed by atoms with Gasteiger partial charge in [0.05, 0.1) is 23.9 Å². The van der Waals surface area contributed by atoms with Crippen LogP contribution in [0.25, 0.3) is 44.1 Å². The molecule has 1 atom stereocenters. The average molecular weight is 642 g/mol. The van der Waals surface area contributed by atoms with E-state index in [0.29, 0.717) is 13.1 Å². The summed E-state index contributed by atoms with van der Waals surface area (Å²) in [5, 5.41) is 30.1. The number of rotatable bonds is 7. The van der Waals surface area contributed by atoms with E-state index in [0.717, 1.165) is 37.4 Å². The van der Waals surface area contributed by atoms with Crippen LogP contribution in [0.1, 0.15) is 5.56 Å². The fourth-order valence-corrected chi connectivity index (χ4v) is 6.61. The quantitative estimate of drug-likeness (QED) is 0.165. The molecular formula is C40H39N3O5. The van der Waals surface area contributed by atoms with Crippen molar-refractivity contribution in [2.24, 2.45) is 0 Å². The maximum absolute atomic E-state index is 11.7. The minimum atomic E-state index is -1.82. The van der Waals surface area contributed by atoms with Crippen LogP contribution >= 0.6 is 0 Å². The molecule has 7 rings (SSSR count). The number of aryl methyl sites for hydroxylation is 1. The fraction of sp³-hybridized carbons (Fsp3) is 0.200. The van der Waals surface area contributed by atoms with E-state index < -0.39 is 18.0 Å². The Hall–Kier alpha value is -5.44. The molecule has 1 unspecified atom stereocenters. The molecule has 1 aliphatic heterocycles. The van der Waals surface area contributed by atoms with Crippen molar-refractivity contribution in [1.29, 1.82) is 0 Å². The van der Waals surface area contributed by atoms with Crippen LogP contribution in [0, 0.1) is 6.92 Å². The number of anilines is 1. The lowest BCUT2D eigenvalue weighted by atomic mass is 9.97. The number of carboxylic acid groups (broad SMARTS) is 2. The Balaban J connectivity index is 0.000000615. The summed E-state index contributed by atoms with van der Waals surface area (Å²) in [5.74, 6) is -3.65. The average Bonchev–Trinajstić information content (AvgIpc) is 3.44. The molecule has 0 radical (unpaired) electrons. The number of benzene rings is 5. The minimum Gasteiger partial charge on any atom is -0.473 e. The first-order valence-corrected chi connectivity index (χ1v) is 16.1. The Labute approximate surface area is 279 Å². The number of aliphatic hydroxyl groups excluding tert-OH is 1. The molecule has 0 aliphatic carbocycles. The van der Waals surface area contributed by atoms with Crippen molar-refractivity contribution in [3.05, 3.63) is 127 Å². The number of carbonyl (C=O) groups is 2. The van der Waals surface area contributed by atoms with Crippen LogP contribution in [0.3, 0.4) is 0 Å². The molecule has 0 bridgehead atoms. The molecule has 0 spiro atoms. The van der Waals surface area contributed by atoms with Crippen molar-refractivity contribution < 1.29 is 24.9 Å². The molecule has 244 valence electrons. The Morgan fingerprint density at radius 3 is 1.85 bits per heavy atom.